The number of carbonyl (C=O) groups excluding carboxylic acids is 1. The van der Waals surface area contributed by atoms with E-state index >= 15 is 0 Å². The molecule has 5 aromatic carbocycles. The molecule has 1 saturated carbocycles. The Kier molecular flexibility index (Phi) is 11.7. The molecule has 1 aliphatic carbocycles. The van der Waals surface area contributed by atoms with Crippen LogP contribution in [0.25, 0.3) is 10.8 Å². The average Bonchev–Trinajstić information content (AvgIpc) is 3.91. The molecule has 3 unspecified atom stereocenters. The van der Waals surface area contributed by atoms with Gasteiger partial charge < -0.3 is 34.9 Å². The lowest BCUT2D eigenvalue weighted by Gasteiger charge is -2.27. The van der Waals surface area contributed by atoms with Crippen LogP contribution in [0.1, 0.15) is 71.4 Å². The Morgan fingerprint density at radius 3 is 2.36 bits per heavy atom. The van der Waals surface area contributed by atoms with Crippen molar-refractivity contribution in [3.05, 3.63) is 149 Å². The molecule has 0 aliphatic heterocycles. The number of aliphatic hydroxyl groups is 1. The van der Waals surface area contributed by atoms with Crippen LogP contribution in [0.2, 0.25) is 0 Å². The standard InChI is InChI=1S/C47H48NO7/c1-54-47-41(27-34-10-6-9-32-8-2-5-15-39(32)34)35(17-19-43(47)51)25-36(22-31-20-21-48-29-31)44(52)28-45(53)40(33-11-7-12-37(49)26-33)23-30-16-18-42(50)46(24-30)55-38-13-3-4-14-38/h2,5-12,15-21,24,26,29,36,38,40,44,49-52H,3-4,13-14,22-23,25,27-28H2,1H3/q-1. The van der Waals surface area contributed by atoms with Gasteiger partial charge in [0.1, 0.15) is 11.5 Å². The second-order valence-electron chi connectivity index (χ2n) is 14.8. The van der Waals surface area contributed by atoms with Crippen molar-refractivity contribution in [1.29, 1.82) is 0 Å². The Bertz CT molecular complexity index is 2220. The largest absolute Gasteiger partial charge is 0.670 e. The van der Waals surface area contributed by atoms with Gasteiger partial charge in [-0.25, -0.2) is 0 Å². The zero-order valence-electron chi connectivity index (χ0n) is 31.1. The second kappa shape index (κ2) is 17.2. The molecule has 3 atom stereocenters. The maximum Gasteiger partial charge on any atom is 0.164 e. The zero-order valence-corrected chi connectivity index (χ0v) is 31.1. The number of phenolic OH excluding ortho intramolecular Hbond substituents is 3. The molecule has 1 heterocycles. The first-order valence-electron chi connectivity index (χ1n) is 19.1. The van der Waals surface area contributed by atoms with E-state index in [0.717, 1.165) is 64.3 Å². The number of fused-ring (bicyclic) bond motifs is 1. The molecule has 1 aliphatic rings. The average molecular weight is 739 g/mol. The van der Waals surface area contributed by atoms with Gasteiger partial charge in [0.05, 0.1) is 19.3 Å². The fraction of sp³-hybridized carbons (Fsp3) is 0.298. The smallest absolute Gasteiger partial charge is 0.164 e. The van der Waals surface area contributed by atoms with Crippen LogP contribution >= 0.6 is 0 Å². The highest BCUT2D eigenvalue weighted by Gasteiger charge is 2.30. The van der Waals surface area contributed by atoms with E-state index in [4.69, 9.17) is 9.47 Å². The van der Waals surface area contributed by atoms with Crippen LogP contribution in [-0.2, 0) is 30.5 Å². The normalized spacial score (nSPS) is 14.8. The summed E-state index contributed by atoms with van der Waals surface area (Å²) in [5, 5.41) is 46.3. The van der Waals surface area contributed by atoms with Gasteiger partial charge in [-0.05, 0) is 114 Å². The predicted molar refractivity (Wildman–Crippen MR) is 213 cm³/mol. The maximum absolute atomic E-state index is 14.4. The zero-order chi connectivity index (χ0) is 38.3. The highest BCUT2D eigenvalue weighted by molar-refractivity contribution is 5.87. The first-order valence-corrected chi connectivity index (χ1v) is 19.1. The van der Waals surface area contributed by atoms with Crippen LogP contribution in [0.3, 0.4) is 0 Å². The highest BCUT2D eigenvalue weighted by Crippen LogP contribution is 2.38. The molecule has 4 N–H and O–H groups in total. The summed E-state index contributed by atoms with van der Waals surface area (Å²) in [5.74, 6) is -0.308. The minimum Gasteiger partial charge on any atom is -0.670 e. The summed E-state index contributed by atoms with van der Waals surface area (Å²) >= 11 is 0. The number of methoxy groups -OCH3 is 1. The number of ether oxygens (including phenoxy) is 2. The van der Waals surface area contributed by atoms with Gasteiger partial charge >= 0.3 is 0 Å². The molecule has 7 rings (SSSR count). The summed E-state index contributed by atoms with van der Waals surface area (Å²) in [5.41, 5.74) is 5.19. The van der Waals surface area contributed by atoms with Crippen molar-refractivity contribution in [1.82, 2.24) is 4.98 Å². The summed E-state index contributed by atoms with van der Waals surface area (Å²) in [4.78, 5) is 18.7. The van der Waals surface area contributed by atoms with Gasteiger partial charge in [0, 0.05) is 24.3 Å². The number of nitrogens with zero attached hydrogens (tertiary/aromatic N) is 1. The van der Waals surface area contributed by atoms with Crippen molar-refractivity contribution in [3.8, 4) is 28.7 Å². The number of Topliss-reactive ketones (excluding diaryl/α,β-unsaturated/α-hetero) is 1. The summed E-state index contributed by atoms with van der Waals surface area (Å²) < 4.78 is 12.0. The van der Waals surface area contributed by atoms with Gasteiger partial charge in [-0.15, -0.1) is 0 Å². The minimum absolute atomic E-state index is 0.0361. The summed E-state index contributed by atoms with van der Waals surface area (Å²) in [7, 11) is 1.55. The molecular weight excluding hydrogens is 691 g/mol. The van der Waals surface area contributed by atoms with Gasteiger partial charge in [-0.1, -0.05) is 78.4 Å². The van der Waals surface area contributed by atoms with Crippen LogP contribution in [-0.4, -0.2) is 45.5 Å². The molecule has 8 heteroatoms. The van der Waals surface area contributed by atoms with Gasteiger partial charge in [0.15, 0.2) is 23.0 Å². The number of hydrogen-bond donors (Lipinski definition) is 4. The molecule has 55 heavy (non-hydrogen) atoms. The van der Waals surface area contributed by atoms with Gasteiger partial charge in [0.2, 0.25) is 0 Å². The Morgan fingerprint density at radius 2 is 1.58 bits per heavy atom. The lowest BCUT2D eigenvalue weighted by atomic mass is 9.80. The van der Waals surface area contributed by atoms with Crippen molar-refractivity contribution in [2.24, 2.45) is 5.92 Å². The van der Waals surface area contributed by atoms with Crippen LogP contribution in [0.4, 0.5) is 0 Å². The van der Waals surface area contributed by atoms with Crippen molar-refractivity contribution >= 4 is 16.6 Å². The SMILES string of the molecule is COc1c(O)ccc(CC(Cc2cc[n-]c2)C(O)CC(=O)C(Cc2ccc(O)c(OC3CCCC3)c2)c2cccc(O)c2)c1Cc1cccc2ccccc12. The molecule has 0 radical (unpaired) electrons. The summed E-state index contributed by atoms with van der Waals surface area (Å²) in [6.45, 7) is 0. The van der Waals surface area contributed by atoms with E-state index in [1.165, 1.54) is 0 Å². The number of ketones is 1. The van der Waals surface area contributed by atoms with Gasteiger partial charge in [-0.2, -0.15) is 12.4 Å². The van der Waals surface area contributed by atoms with Crippen molar-refractivity contribution < 1.29 is 34.7 Å². The van der Waals surface area contributed by atoms with E-state index in [0.29, 0.717) is 36.3 Å². The molecular formula is C47H48NO7-. The van der Waals surface area contributed by atoms with Crippen LogP contribution in [0.15, 0.2) is 116 Å². The fourth-order valence-electron chi connectivity index (χ4n) is 8.15. The maximum atomic E-state index is 14.4. The van der Waals surface area contributed by atoms with E-state index < -0.39 is 17.9 Å². The lowest BCUT2D eigenvalue weighted by Crippen LogP contribution is -2.30. The van der Waals surface area contributed by atoms with E-state index in [2.05, 4.69) is 29.2 Å². The molecule has 0 amide bonds. The number of aromatic hydroxyl groups is 3. The topological polar surface area (TPSA) is 131 Å². The third-order valence-corrected chi connectivity index (χ3v) is 11.1. The number of aromatic nitrogens is 1. The molecule has 8 nitrogen and oxygen atoms in total. The quantitative estimate of drug-likeness (QED) is 0.0777. The fourth-order valence-corrected chi connectivity index (χ4v) is 8.15. The Labute approximate surface area is 322 Å². The third kappa shape index (κ3) is 8.98. The number of phenols is 3. The van der Waals surface area contributed by atoms with Gasteiger partial charge in [-0.3, -0.25) is 4.79 Å². The molecule has 0 saturated heterocycles. The molecule has 0 spiro atoms. The lowest BCUT2D eigenvalue weighted by molar-refractivity contribution is -0.123. The first-order chi connectivity index (χ1) is 26.7. The van der Waals surface area contributed by atoms with Crippen molar-refractivity contribution in [2.75, 3.05) is 7.11 Å². The summed E-state index contributed by atoms with van der Waals surface area (Å²) in [6, 6.07) is 31.7. The van der Waals surface area contributed by atoms with E-state index in [1.807, 2.05) is 36.4 Å². The van der Waals surface area contributed by atoms with Crippen molar-refractivity contribution in [3.63, 3.8) is 0 Å². The van der Waals surface area contributed by atoms with Crippen LogP contribution in [0.5, 0.6) is 28.7 Å². The van der Waals surface area contributed by atoms with Crippen LogP contribution in [0, 0.1) is 5.92 Å². The number of hydrogen-bond acceptors (Lipinski definition) is 7. The highest BCUT2D eigenvalue weighted by atomic mass is 16.5. The molecule has 284 valence electrons. The predicted octanol–water partition coefficient (Wildman–Crippen LogP) is 8.58. The van der Waals surface area contributed by atoms with E-state index in [1.54, 1.807) is 62.0 Å². The van der Waals surface area contributed by atoms with Crippen molar-refractivity contribution in [2.45, 2.75) is 75.9 Å². The molecule has 1 fully saturated rings. The number of benzene rings is 5. The Hall–Kier alpha value is -5.73. The number of rotatable bonds is 16. The monoisotopic (exact) mass is 738 g/mol. The third-order valence-electron chi connectivity index (χ3n) is 11.1. The summed E-state index contributed by atoms with van der Waals surface area (Å²) in [6.07, 6.45) is 8.12. The van der Waals surface area contributed by atoms with Gasteiger partial charge in [0.25, 0.3) is 0 Å². The Morgan fingerprint density at radius 1 is 0.800 bits per heavy atom. The Balaban J connectivity index is 1.18. The first kappa shape index (κ1) is 37.6. The molecule has 6 aromatic rings. The van der Waals surface area contributed by atoms with Crippen LogP contribution < -0.4 is 14.5 Å². The molecule has 0 bridgehead atoms. The number of carbonyl (C=O) groups is 1. The second-order valence-corrected chi connectivity index (χ2v) is 14.8. The number of aliphatic hydroxyl groups excluding tert-OH is 1. The minimum atomic E-state index is -1.03. The molecule has 1 aromatic heterocycles. The van der Waals surface area contributed by atoms with E-state index in [9.17, 15) is 25.2 Å². The van der Waals surface area contributed by atoms with E-state index in [-0.39, 0.29) is 42.0 Å².